The summed E-state index contributed by atoms with van der Waals surface area (Å²) >= 11 is 3.41. The van der Waals surface area contributed by atoms with Crippen LogP contribution in [0.15, 0.2) is 59.1 Å². The van der Waals surface area contributed by atoms with E-state index in [0.717, 1.165) is 27.6 Å². The van der Waals surface area contributed by atoms with E-state index in [4.69, 9.17) is 0 Å². The van der Waals surface area contributed by atoms with E-state index in [1.165, 1.54) is 12.1 Å². The van der Waals surface area contributed by atoms with Crippen molar-refractivity contribution < 1.29 is 9.18 Å². The molecule has 1 aliphatic carbocycles. The van der Waals surface area contributed by atoms with E-state index in [0.29, 0.717) is 6.42 Å². The molecule has 0 fully saturated rings. The molecule has 3 rings (SSSR count). The minimum atomic E-state index is -0.246. The zero-order valence-electron chi connectivity index (χ0n) is 11.4. The van der Waals surface area contributed by atoms with E-state index in [9.17, 15) is 9.18 Å². The van der Waals surface area contributed by atoms with E-state index < -0.39 is 0 Å². The minimum Gasteiger partial charge on any atom is -0.295 e. The molecule has 1 atom stereocenters. The number of hydrogen-bond acceptors (Lipinski definition) is 1. The van der Waals surface area contributed by atoms with Crippen LogP contribution in [0, 0.1) is 5.82 Å². The van der Waals surface area contributed by atoms with Gasteiger partial charge in [-0.3, -0.25) is 4.79 Å². The van der Waals surface area contributed by atoms with Crippen LogP contribution in [0.5, 0.6) is 0 Å². The summed E-state index contributed by atoms with van der Waals surface area (Å²) in [4.78, 5) is 12.0. The van der Waals surface area contributed by atoms with Gasteiger partial charge < -0.3 is 0 Å². The lowest BCUT2D eigenvalue weighted by Gasteiger charge is -2.22. The fourth-order valence-corrected chi connectivity index (χ4v) is 2.99. The maximum Gasteiger partial charge on any atom is 0.156 e. The second-order valence-electron chi connectivity index (χ2n) is 5.30. The van der Waals surface area contributed by atoms with Gasteiger partial charge in [0.15, 0.2) is 5.78 Å². The van der Waals surface area contributed by atoms with Crippen LogP contribution < -0.4 is 0 Å². The molecule has 3 heteroatoms. The second-order valence-corrected chi connectivity index (χ2v) is 6.22. The Morgan fingerprint density at radius 2 is 1.62 bits per heavy atom. The number of rotatable bonds is 2. The highest BCUT2D eigenvalue weighted by molar-refractivity contribution is 9.10. The van der Waals surface area contributed by atoms with Gasteiger partial charge in [-0.1, -0.05) is 40.2 Å². The molecule has 0 aromatic heterocycles. The number of benzene rings is 2. The quantitative estimate of drug-likeness (QED) is 0.738. The van der Waals surface area contributed by atoms with E-state index in [1.54, 1.807) is 18.2 Å². The first-order valence-corrected chi connectivity index (χ1v) is 7.66. The monoisotopic (exact) mass is 344 g/mol. The molecule has 0 aliphatic heterocycles. The Hall–Kier alpha value is -1.74. The third-order valence-electron chi connectivity index (χ3n) is 3.81. The van der Waals surface area contributed by atoms with Gasteiger partial charge in [0.2, 0.25) is 0 Å². The Labute approximate surface area is 131 Å². The SMILES string of the molecule is O=C1C=C(c2ccc(Br)cc2)C[C@@H](c2ccc(F)cc2)C1. The first kappa shape index (κ1) is 14.2. The maximum absolute atomic E-state index is 13.0. The third kappa shape index (κ3) is 3.30. The molecule has 0 bridgehead atoms. The van der Waals surface area contributed by atoms with E-state index >= 15 is 0 Å². The average Bonchev–Trinajstić information content (AvgIpc) is 2.48. The van der Waals surface area contributed by atoms with Crippen molar-refractivity contribution >= 4 is 27.3 Å². The Kier molecular flexibility index (Phi) is 4.02. The van der Waals surface area contributed by atoms with Crippen molar-refractivity contribution in [2.45, 2.75) is 18.8 Å². The molecule has 0 saturated heterocycles. The Morgan fingerprint density at radius 3 is 2.29 bits per heavy atom. The molecule has 0 N–H and O–H groups in total. The molecule has 21 heavy (non-hydrogen) atoms. The van der Waals surface area contributed by atoms with Crippen LogP contribution >= 0.6 is 15.9 Å². The van der Waals surface area contributed by atoms with Crippen LogP contribution in [0.25, 0.3) is 5.57 Å². The van der Waals surface area contributed by atoms with Gasteiger partial charge in [0.25, 0.3) is 0 Å². The largest absolute Gasteiger partial charge is 0.295 e. The molecule has 0 unspecified atom stereocenters. The molecule has 2 aromatic carbocycles. The number of ketones is 1. The summed E-state index contributed by atoms with van der Waals surface area (Å²) in [6.45, 7) is 0. The maximum atomic E-state index is 13.0. The van der Waals surface area contributed by atoms with Crippen molar-refractivity contribution in [2.24, 2.45) is 0 Å². The lowest BCUT2D eigenvalue weighted by Crippen LogP contribution is -2.12. The van der Waals surface area contributed by atoms with Crippen molar-refractivity contribution in [1.82, 2.24) is 0 Å². The molecule has 0 amide bonds. The van der Waals surface area contributed by atoms with Gasteiger partial charge in [-0.15, -0.1) is 0 Å². The average molecular weight is 345 g/mol. The van der Waals surface area contributed by atoms with Crippen molar-refractivity contribution in [2.75, 3.05) is 0 Å². The van der Waals surface area contributed by atoms with Gasteiger partial charge in [0.1, 0.15) is 5.82 Å². The van der Waals surface area contributed by atoms with Gasteiger partial charge in [-0.25, -0.2) is 4.39 Å². The normalized spacial score (nSPS) is 18.5. The Morgan fingerprint density at radius 1 is 0.952 bits per heavy atom. The Bertz CT molecular complexity index is 686. The molecule has 0 spiro atoms. The molecule has 1 aliphatic rings. The topological polar surface area (TPSA) is 17.1 Å². The summed E-state index contributed by atoms with van der Waals surface area (Å²) in [6.07, 6.45) is 3.04. The standard InChI is InChI=1S/C18H14BrFO/c19-16-5-1-12(2-6-16)14-9-15(11-18(21)10-14)13-3-7-17(20)8-4-13/h1-8,10,15H,9,11H2/t15-/m1/s1. The van der Waals surface area contributed by atoms with Crippen molar-refractivity contribution in [3.8, 4) is 0 Å². The molecule has 0 heterocycles. The lowest BCUT2D eigenvalue weighted by atomic mass is 9.81. The van der Waals surface area contributed by atoms with Gasteiger partial charge in [0.05, 0.1) is 0 Å². The van der Waals surface area contributed by atoms with Crippen LogP contribution in [0.3, 0.4) is 0 Å². The summed E-state index contributed by atoms with van der Waals surface area (Å²) in [7, 11) is 0. The number of carbonyl (C=O) groups is 1. The molecular weight excluding hydrogens is 331 g/mol. The number of hydrogen-bond donors (Lipinski definition) is 0. The summed E-state index contributed by atoms with van der Waals surface area (Å²) < 4.78 is 14.0. The molecule has 106 valence electrons. The summed E-state index contributed by atoms with van der Waals surface area (Å²) in [5.74, 6) is 0.0137. The van der Waals surface area contributed by atoms with Crippen LogP contribution in [-0.2, 0) is 4.79 Å². The lowest BCUT2D eigenvalue weighted by molar-refractivity contribution is -0.115. The van der Waals surface area contributed by atoms with Gasteiger partial charge >= 0.3 is 0 Å². The predicted octanol–water partition coefficient (Wildman–Crippen LogP) is 5.12. The van der Waals surface area contributed by atoms with Crippen molar-refractivity contribution in [3.63, 3.8) is 0 Å². The smallest absolute Gasteiger partial charge is 0.156 e. The minimum absolute atomic E-state index is 0.127. The van der Waals surface area contributed by atoms with Crippen LogP contribution in [0.2, 0.25) is 0 Å². The second kappa shape index (κ2) is 5.94. The molecule has 0 saturated carbocycles. The van der Waals surface area contributed by atoms with E-state index in [2.05, 4.69) is 15.9 Å². The molecule has 1 nitrogen and oxygen atoms in total. The number of halogens is 2. The molecule has 2 aromatic rings. The van der Waals surface area contributed by atoms with Gasteiger partial charge in [-0.2, -0.15) is 0 Å². The summed E-state index contributed by atoms with van der Waals surface area (Å²) in [5, 5.41) is 0. The van der Waals surface area contributed by atoms with Crippen LogP contribution in [-0.4, -0.2) is 5.78 Å². The van der Waals surface area contributed by atoms with Gasteiger partial charge in [-0.05, 0) is 59.4 Å². The van der Waals surface area contributed by atoms with Gasteiger partial charge in [0, 0.05) is 10.9 Å². The predicted molar refractivity (Wildman–Crippen MR) is 85.5 cm³/mol. The first-order chi connectivity index (χ1) is 10.1. The zero-order chi connectivity index (χ0) is 14.8. The number of allylic oxidation sites excluding steroid dienone is 2. The Balaban J connectivity index is 1.88. The fourth-order valence-electron chi connectivity index (χ4n) is 2.73. The highest BCUT2D eigenvalue weighted by Gasteiger charge is 2.22. The number of carbonyl (C=O) groups excluding carboxylic acids is 1. The summed E-state index contributed by atoms with van der Waals surface area (Å²) in [6, 6.07) is 14.4. The van der Waals surface area contributed by atoms with Crippen molar-refractivity contribution in [1.29, 1.82) is 0 Å². The van der Waals surface area contributed by atoms with Crippen molar-refractivity contribution in [3.05, 3.63) is 76.0 Å². The van der Waals surface area contributed by atoms with E-state index in [1.807, 2.05) is 24.3 Å². The first-order valence-electron chi connectivity index (χ1n) is 6.86. The van der Waals surface area contributed by atoms with Crippen LogP contribution in [0.4, 0.5) is 4.39 Å². The highest BCUT2D eigenvalue weighted by atomic mass is 79.9. The highest BCUT2D eigenvalue weighted by Crippen LogP contribution is 2.36. The fraction of sp³-hybridized carbons (Fsp3) is 0.167. The van der Waals surface area contributed by atoms with Crippen LogP contribution in [0.1, 0.15) is 29.9 Å². The molecular formula is C18H14BrFO. The third-order valence-corrected chi connectivity index (χ3v) is 4.33. The van der Waals surface area contributed by atoms with E-state index in [-0.39, 0.29) is 17.5 Å². The molecule has 0 radical (unpaired) electrons. The zero-order valence-corrected chi connectivity index (χ0v) is 12.9. The summed E-state index contributed by atoms with van der Waals surface area (Å²) in [5.41, 5.74) is 3.14.